The van der Waals surface area contributed by atoms with Gasteiger partial charge in [-0.3, -0.25) is 9.59 Å². The smallest absolute Gasteiger partial charge is 0.317 e. The minimum Gasteiger partial charge on any atom is -0.340 e. The SMILES string of the molecule is CC(C)NC(=O)N1CCC([C@H](NC(=O)c2ccccc2)C(=O)N2CCCC[C@@H]2C)CC1. The molecule has 0 bridgehead atoms. The van der Waals surface area contributed by atoms with E-state index >= 15 is 0 Å². The molecule has 0 spiro atoms. The lowest BCUT2D eigenvalue weighted by atomic mass is 9.87. The summed E-state index contributed by atoms with van der Waals surface area (Å²) in [5.41, 5.74) is 0.556. The van der Waals surface area contributed by atoms with Gasteiger partial charge in [0.05, 0.1) is 0 Å². The van der Waals surface area contributed by atoms with Crippen LogP contribution in [0, 0.1) is 5.92 Å². The summed E-state index contributed by atoms with van der Waals surface area (Å²) in [5.74, 6) is -0.192. The second-order valence-electron chi connectivity index (χ2n) is 9.12. The minimum absolute atomic E-state index is 0.0115. The second-order valence-corrected chi connectivity index (χ2v) is 9.12. The summed E-state index contributed by atoms with van der Waals surface area (Å²) in [5, 5.41) is 5.98. The van der Waals surface area contributed by atoms with Crippen LogP contribution in [-0.2, 0) is 4.79 Å². The lowest BCUT2D eigenvalue weighted by molar-refractivity contribution is -0.138. The summed E-state index contributed by atoms with van der Waals surface area (Å²) < 4.78 is 0. The number of urea groups is 1. The topological polar surface area (TPSA) is 81.8 Å². The number of nitrogens with one attached hydrogen (secondary N) is 2. The third-order valence-electron chi connectivity index (χ3n) is 6.39. The van der Waals surface area contributed by atoms with Crippen molar-refractivity contribution in [2.75, 3.05) is 19.6 Å². The van der Waals surface area contributed by atoms with Gasteiger partial charge >= 0.3 is 6.03 Å². The fourth-order valence-corrected chi connectivity index (χ4v) is 4.57. The average molecular weight is 429 g/mol. The van der Waals surface area contributed by atoms with E-state index in [0.29, 0.717) is 31.5 Å². The predicted octanol–water partition coefficient (Wildman–Crippen LogP) is 3.02. The van der Waals surface area contributed by atoms with E-state index in [1.807, 2.05) is 36.9 Å². The Morgan fingerprint density at radius 3 is 2.23 bits per heavy atom. The van der Waals surface area contributed by atoms with Crippen molar-refractivity contribution in [3.8, 4) is 0 Å². The van der Waals surface area contributed by atoms with Crippen LogP contribution >= 0.6 is 0 Å². The number of hydrogen-bond acceptors (Lipinski definition) is 3. The molecule has 2 N–H and O–H groups in total. The van der Waals surface area contributed by atoms with Crippen molar-refractivity contribution in [1.82, 2.24) is 20.4 Å². The van der Waals surface area contributed by atoms with E-state index in [2.05, 4.69) is 17.6 Å². The van der Waals surface area contributed by atoms with Gasteiger partial charge in [0.1, 0.15) is 6.04 Å². The van der Waals surface area contributed by atoms with E-state index in [1.165, 1.54) is 0 Å². The maximum atomic E-state index is 13.6. The quantitative estimate of drug-likeness (QED) is 0.756. The highest BCUT2D eigenvalue weighted by atomic mass is 16.2. The summed E-state index contributed by atoms with van der Waals surface area (Å²) >= 11 is 0. The van der Waals surface area contributed by atoms with Gasteiger partial charge in [-0.15, -0.1) is 0 Å². The monoisotopic (exact) mass is 428 g/mol. The largest absolute Gasteiger partial charge is 0.340 e. The number of benzene rings is 1. The van der Waals surface area contributed by atoms with Crippen LogP contribution in [0.15, 0.2) is 30.3 Å². The maximum Gasteiger partial charge on any atom is 0.317 e. The van der Waals surface area contributed by atoms with Crippen molar-refractivity contribution in [3.05, 3.63) is 35.9 Å². The zero-order chi connectivity index (χ0) is 22.4. The molecule has 0 aliphatic carbocycles. The molecule has 0 saturated carbocycles. The summed E-state index contributed by atoms with van der Waals surface area (Å²) in [6.45, 7) is 7.89. The van der Waals surface area contributed by atoms with Gasteiger partial charge in [0.2, 0.25) is 5.91 Å². The van der Waals surface area contributed by atoms with Crippen LogP contribution < -0.4 is 10.6 Å². The molecule has 2 fully saturated rings. The van der Waals surface area contributed by atoms with E-state index in [9.17, 15) is 14.4 Å². The van der Waals surface area contributed by atoms with Gasteiger partial charge in [-0.1, -0.05) is 18.2 Å². The van der Waals surface area contributed by atoms with Crippen LogP contribution in [0.5, 0.6) is 0 Å². The van der Waals surface area contributed by atoms with Gasteiger partial charge in [-0.25, -0.2) is 4.79 Å². The molecule has 170 valence electrons. The van der Waals surface area contributed by atoms with E-state index in [0.717, 1.165) is 25.8 Å². The molecule has 0 aromatic heterocycles. The van der Waals surface area contributed by atoms with Crippen molar-refractivity contribution in [1.29, 1.82) is 0 Å². The molecule has 4 amide bonds. The molecule has 7 nitrogen and oxygen atoms in total. The van der Waals surface area contributed by atoms with Crippen molar-refractivity contribution < 1.29 is 14.4 Å². The molecule has 7 heteroatoms. The van der Waals surface area contributed by atoms with Crippen LogP contribution in [0.4, 0.5) is 4.79 Å². The molecule has 2 aliphatic rings. The van der Waals surface area contributed by atoms with Crippen LogP contribution in [0.3, 0.4) is 0 Å². The fraction of sp³-hybridized carbons (Fsp3) is 0.625. The first-order valence-corrected chi connectivity index (χ1v) is 11.6. The maximum absolute atomic E-state index is 13.6. The predicted molar refractivity (Wildman–Crippen MR) is 121 cm³/mol. The highest BCUT2D eigenvalue weighted by Crippen LogP contribution is 2.25. The molecule has 1 aromatic rings. The first-order valence-electron chi connectivity index (χ1n) is 11.6. The number of likely N-dealkylation sites (tertiary alicyclic amines) is 2. The molecule has 2 atom stereocenters. The summed E-state index contributed by atoms with van der Waals surface area (Å²) in [6, 6.07) is 8.69. The molecule has 0 radical (unpaired) electrons. The van der Waals surface area contributed by atoms with Crippen molar-refractivity contribution in [2.45, 2.75) is 71.0 Å². The van der Waals surface area contributed by atoms with E-state index < -0.39 is 6.04 Å². The van der Waals surface area contributed by atoms with Crippen LogP contribution in [0.2, 0.25) is 0 Å². The first kappa shape index (κ1) is 23.1. The molecule has 2 saturated heterocycles. The lowest BCUT2D eigenvalue weighted by Gasteiger charge is -2.40. The second kappa shape index (κ2) is 10.6. The Morgan fingerprint density at radius 1 is 0.935 bits per heavy atom. The molecule has 2 heterocycles. The number of carbonyl (C=O) groups is 3. The minimum atomic E-state index is -0.566. The number of piperidine rings is 2. The number of amides is 4. The van der Waals surface area contributed by atoms with E-state index in [1.54, 1.807) is 17.0 Å². The van der Waals surface area contributed by atoms with E-state index in [4.69, 9.17) is 0 Å². The molecular formula is C24H36N4O3. The van der Waals surface area contributed by atoms with Crippen molar-refractivity contribution >= 4 is 17.8 Å². The Hall–Kier alpha value is -2.57. The normalized spacial score (nSPS) is 21.0. The third kappa shape index (κ3) is 5.99. The van der Waals surface area contributed by atoms with Crippen molar-refractivity contribution in [2.24, 2.45) is 5.92 Å². The van der Waals surface area contributed by atoms with E-state index in [-0.39, 0.29) is 35.8 Å². The fourth-order valence-electron chi connectivity index (χ4n) is 4.57. The highest BCUT2D eigenvalue weighted by Gasteiger charge is 2.38. The van der Waals surface area contributed by atoms with Crippen molar-refractivity contribution in [3.63, 3.8) is 0 Å². The Balaban J connectivity index is 1.72. The van der Waals surface area contributed by atoms with Gasteiger partial charge in [0, 0.05) is 37.3 Å². The number of nitrogens with zero attached hydrogens (tertiary/aromatic N) is 2. The highest BCUT2D eigenvalue weighted by molar-refractivity contribution is 5.97. The third-order valence-corrected chi connectivity index (χ3v) is 6.39. The van der Waals surface area contributed by atoms with Gasteiger partial charge in [0.15, 0.2) is 0 Å². The Kier molecular flexibility index (Phi) is 7.93. The molecular weight excluding hydrogens is 392 g/mol. The Bertz CT molecular complexity index is 759. The zero-order valence-electron chi connectivity index (χ0n) is 19.0. The van der Waals surface area contributed by atoms with Crippen LogP contribution in [0.25, 0.3) is 0 Å². The number of rotatable bonds is 5. The molecule has 1 aromatic carbocycles. The molecule has 2 aliphatic heterocycles. The first-order chi connectivity index (χ1) is 14.9. The summed E-state index contributed by atoms with van der Waals surface area (Å²) in [7, 11) is 0. The number of carbonyl (C=O) groups excluding carboxylic acids is 3. The van der Waals surface area contributed by atoms with Crippen LogP contribution in [-0.4, -0.2) is 65.4 Å². The Labute approximate surface area is 185 Å². The van der Waals surface area contributed by atoms with Gasteiger partial charge < -0.3 is 20.4 Å². The van der Waals surface area contributed by atoms with Crippen LogP contribution in [0.1, 0.15) is 63.2 Å². The van der Waals surface area contributed by atoms with Gasteiger partial charge in [0.25, 0.3) is 5.91 Å². The Morgan fingerprint density at radius 2 is 1.61 bits per heavy atom. The molecule has 0 unspecified atom stereocenters. The average Bonchev–Trinajstić information content (AvgIpc) is 2.77. The molecule has 31 heavy (non-hydrogen) atoms. The van der Waals surface area contributed by atoms with Gasteiger partial charge in [-0.2, -0.15) is 0 Å². The summed E-state index contributed by atoms with van der Waals surface area (Å²) in [4.78, 5) is 42.5. The summed E-state index contributed by atoms with van der Waals surface area (Å²) in [6.07, 6.45) is 4.52. The standard InChI is InChI=1S/C24H36N4O3/c1-17(2)25-24(31)27-15-12-19(13-16-27)21(23(30)28-14-8-7-9-18(28)3)26-22(29)20-10-5-4-6-11-20/h4-6,10-11,17-19,21H,7-9,12-16H2,1-3H3,(H,25,31)(H,26,29)/t18-,21-/m0/s1. The lowest BCUT2D eigenvalue weighted by Crippen LogP contribution is -2.57. The number of hydrogen-bond donors (Lipinski definition) is 2. The zero-order valence-corrected chi connectivity index (χ0v) is 19.0. The molecule has 3 rings (SSSR count). The van der Waals surface area contributed by atoms with Gasteiger partial charge in [-0.05, 0) is 70.9 Å².